The summed E-state index contributed by atoms with van der Waals surface area (Å²) in [7, 11) is 0. The summed E-state index contributed by atoms with van der Waals surface area (Å²) in [6, 6.07) is 6.95. The maximum Gasteiger partial charge on any atom is 0.416 e. The average molecular weight is 401 g/mol. The Hall–Kier alpha value is -2.41. The van der Waals surface area contributed by atoms with Crippen LogP contribution >= 0.6 is 11.6 Å². The molecule has 0 fully saturated rings. The summed E-state index contributed by atoms with van der Waals surface area (Å²) < 4.78 is 38.3. The van der Waals surface area contributed by atoms with E-state index in [1.54, 1.807) is 32.9 Å². The molecular formula is C19H20ClF3N2O2. The minimum Gasteiger partial charge on any atom is -0.506 e. The van der Waals surface area contributed by atoms with Crippen molar-refractivity contribution < 1.29 is 23.1 Å². The van der Waals surface area contributed by atoms with Gasteiger partial charge < -0.3 is 15.7 Å². The molecule has 0 heterocycles. The van der Waals surface area contributed by atoms with Gasteiger partial charge >= 0.3 is 6.18 Å². The van der Waals surface area contributed by atoms with Gasteiger partial charge in [0.25, 0.3) is 0 Å². The van der Waals surface area contributed by atoms with E-state index in [2.05, 4.69) is 10.6 Å². The summed E-state index contributed by atoms with van der Waals surface area (Å²) in [5, 5.41) is 15.3. The second-order valence-corrected chi connectivity index (χ2v) is 6.98. The number of phenolic OH excluding ortho intramolecular Hbond substituents is 1. The van der Waals surface area contributed by atoms with Gasteiger partial charge in [0.1, 0.15) is 11.8 Å². The van der Waals surface area contributed by atoms with Gasteiger partial charge in [0.05, 0.1) is 22.0 Å². The molecular weight excluding hydrogens is 381 g/mol. The molecule has 0 spiro atoms. The Kier molecular flexibility index (Phi) is 6.26. The second kappa shape index (κ2) is 8.08. The average Bonchev–Trinajstić information content (AvgIpc) is 2.54. The van der Waals surface area contributed by atoms with Crippen LogP contribution in [0.2, 0.25) is 5.02 Å². The molecule has 2 rings (SSSR count). The van der Waals surface area contributed by atoms with E-state index >= 15 is 0 Å². The van der Waals surface area contributed by atoms with Crippen LogP contribution in [0.3, 0.4) is 0 Å². The first-order valence-electron chi connectivity index (χ1n) is 8.23. The fourth-order valence-electron chi connectivity index (χ4n) is 2.47. The van der Waals surface area contributed by atoms with Crippen molar-refractivity contribution in [1.29, 1.82) is 0 Å². The van der Waals surface area contributed by atoms with Crippen LogP contribution in [0, 0.1) is 12.8 Å². The van der Waals surface area contributed by atoms with Gasteiger partial charge in [-0.2, -0.15) is 13.2 Å². The molecule has 8 heteroatoms. The Morgan fingerprint density at radius 3 is 2.26 bits per heavy atom. The van der Waals surface area contributed by atoms with Crippen LogP contribution < -0.4 is 10.6 Å². The van der Waals surface area contributed by atoms with Crippen LogP contribution in [0.1, 0.15) is 25.0 Å². The molecule has 1 amide bonds. The topological polar surface area (TPSA) is 61.4 Å². The van der Waals surface area contributed by atoms with Crippen molar-refractivity contribution in [2.75, 3.05) is 10.6 Å². The lowest BCUT2D eigenvalue weighted by atomic mass is 10.0. The number of nitrogens with one attached hydrogen (secondary N) is 2. The SMILES string of the molecule is Cc1ccc(NC(=O)[C@@H](Nc2ccc(C(F)(F)F)cc2Cl)C(C)C)c(O)c1. The minimum atomic E-state index is -4.50. The van der Waals surface area contributed by atoms with Crippen LogP contribution in [0.15, 0.2) is 36.4 Å². The smallest absolute Gasteiger partial charge is 0.416 e. The predicted octanol–water partition coefficient (Wildman–Crippen LogP) is 5.45. The van der Waals surface area contributed by atoms with Gasteiger partial charge in [0, 0.05) is 0 Å². The van der Waals surface area contributed by atoms with E-state index in [0.29, 0.717) is 0 Å². The molecule has 4 nitrogen and oxygen atoms in total. The zero-order valence-electron chi connectivity index (χ0n) is 15.0. The highest BCUT2D eigenvalue weighted by molar-refractivity contribution is 6.33. The van der Waals surface area contributed by atoms with Crippen molar-refractivity contribution in [3.05, 3.63) is 52.5 Å². The highest BCUT2D eigenvalue weighted by atomic mass is 35.5. The van der Waals surface area contributed by atoms with E-state index in [-0.39, 0.29) is 28.1 Å². The molecule has 0 unspecified atom stereocenters. The van der Waals surface area contributed by atoms with E-state index in [9.17, 15) is 23.1 Å². The molecule has 0 aliphatic carbocycles. The van der Waals surface area contributed by atoms with Crippen molar-refractivity contribution in [2.45, 2.75) is 33.0 Å². The molecule has 0 aliphatic heterocycles. The minimum absolute atomic E-state index is 0.0709. The number of hydrogen-bond acceptors (Lipinski definition) is 3. The summed E-state index contributed by atoms with van der Waals surface area (Å²) in [6.45, 7) is 5.37. The van der Waals surface area contributed by atoms with Crippen molar-refractivity contribution in [1.82, 2.24) is 0 Å². The van der Waals surface area contributed by atoms with E-state index in [4.69, 9.17) is 11.6 Å². The fourth-order valence-corrected chi connectivity index (χ4v) is 2.70. The molecule has 0 bridgehead atoms. The van der Waals surface area contributed by atoms with Crippen molar-refractivity contribution in [3.63, 3.8) is 0 Å². The van der Waals surface area contributed by atoms with Crippen molar-refractivity contribution >= 4 is 28.9 Å². The third kappa shape index (κ3) is 5.29. The van der Waals surface area contributed by atoms with Crippen LogP contribution in [0.25, 0.3) is 0 Å². The molecule has 146 valence electrons. The molecule has 2 aromatic carbocycles. The van der Waals surface area contributed by atoms with Crippen molar-refractivity contribution in [3.8, 4) is 5.75 Å². The maximum atomic E-state index is 12.8. The second-order valence-electron chi connectivity index (χ2n) is 6.57. The van der Waals surface area contributed by atoms with Gasteiger partial charge in [-0.25, -0.2) is 0 Å². The lowest BCUT2D eigenvalue weighted by Gasteiger charge is -2.24. The number of carbonyl (C=O) groups excluding carboxylic acids is 1. The number of amides is 1. The predicted molar refractivity (Wildman–Crippen MR) is 100 cm³/mol. The van der Waals surface area contributed by atoms with Gasteiger partial charge in [0.2, 0.25) is 5.91 Å². The summed E-state index contributed by atoms with van der Waals surface area (Å²) in [4.78, 5) is 12.6. The monoisotopic (exact) mass is 400 g/mol. The number of alkyl halides is 3. The third-order valence-electron chi connectivity index (χ3n) is 3.97. The number of aromatic hydroxyl groups is 1. The van der Waals surface area contributed by atoms with Gasteiger partial charge in [-0.3, -0.25) is 4.79 Å². The molecule has 0 saturated heterocycles. The lowest BCUT2D eigenvalue weighted by Crippen LogP contribution is -2.39. The number of benzene rings is 2. The molecule has 3 N–H and O–H groups in total. The molecule has 0 saturated carbocycles. The van der Waals surface area contributed by atoms with Crippen LogP contribution in [0.4, 0.5) is 24.5 Å². The Labute approximate surface area is 160 Å². The molecule has 2 aromatic rings. The van der Waals surface area contributed by atoms with E-state index in [1.807, 2.05) is 0 Å². The molecule has 27 heavy (non-hydrogen) atoms. The van der Waals surface area contributed by atoms with Crippen LogP contribution in [-0.4, -0.2) is 17.1 Å². The lowest BCUT2D eigenvalue weighted by molar-refractivity contribution is -0.137. The normalized spacial score (nSPS) is 12.7. The van der Waals surface area contributed by atoms with Gasteiger partial charge in [-0.15, -0.1) is 0 Å². The standard InChI is InChI=1S/C19H20ClF3N2O2/c1-10(2)17(18(27)25-15-6-4-11(3)8-16(15)26)24-14-7-5-12(9-13(14)20)19(21,22)23/h4-10,17,24,26H,1-3H3,(H,25,27)/t17-/m0/s1. The fraction of sp³-hybridized carbons (Fsp3) is 0.316. The largest absolute Gasteiger partial charge is 0.506 e. The summed E-state index contributed by atoms with van der Waals surface area (Å²) in [5.41, 5.74) is 0.428. The number of anilines is 2. The van der Waals surface area contributed by atoms with Crippen LogP contribution in [-0.2, 0) is 11.0 Å². The summed E-state index contributed by atoms with van der Waals surface area (Å²) >= 11 is 5.96. The molecule has 1 atom stereocenters. The Balaban J connectivity index is 2.21. The Morgan fingerprint density at radius 1 is 1.11 bits per heavy atom. The molecule has 0 aromatic heterocycles. The zero-order valence-corrected chi connectivity index (χ0v) is 15.7. The third-order valence-corrected chi connectivity index (χ3v) is 4.28. The number of rotatable bonds is 5. The first-order chi connectivity index (χ1) is 12.5. The Bertz CT molecular complexity index is 838. The first kappa shape index (κ1) is 20.9. The summed E-state index contributed by atoms with van der Waals surface area (Å²) in [5.74, 6) is -0.713. The summed E-state index contributed by atoms with van der Waals surface area (Å²) in [6.07, 6.45) is -4.50. The van der Waals surface area contributed by atoms with Gasteiger partial charge in [0.15, 0.2) is 0 Å². The quantitative estimate of drug-likeness (QED) is 0.585. The molecule has 0 radical (unpaired) electrons. The first-order valence-corrected chi connectivity index (χ1v) is 8.60. The highest BCUT2D eigenvalue weighted by Gasteiger charge is 2.31. The van der Waals surface area contributed by atoms with E-state index in [1.165, 1.54) is 12.1 Å². The number of halogens is 4. The Morgan fingerprint density at radius 2 is 1.74 bits per heavy atom. The number of hydrogen-bond donors (Lipinski definition) is 3. The number of aryl methyl sites for hydroxylation is 1. The number of phenols is 1. The highest BCUT2D eigenvalue weighted by Crippen LogP contribution is 2.34. The van der Waals surface area contributed by atoms with E-state index in [0.717, 1.165) is 17.7 Å². The van der Waals surface area contributed by atoms with E-state index < -0.39 is 23.7 Å². The number of carbonyl (C=O) groups is 1. The van der Waals surface area contributed by atoms with Crippen LogP contribution in [0.5, 0.6) is 5.75 Å². The maximum absolute atomic E-state index is 12.8. The van der Waals surface area contributed by atoms with Crippen molar-refractivity contribution in [2.24, 2.45) is 5.92 Å². The molecule has 0 aliphatic rings. The van der Waals surface area contributed by atoms with Gasteiger partial charge in [-0.1, -0.05) is 31.5 Å². The zero-order chi connectivity index (χ0) is 20.4. The van der Waals surface area contributed by atoms with Gasteiger partial charge in [-0.05, 0) is 48.7 Å².